The van der Waals surface area contributed by atoms with E-state index in [0.717, 1.165) is 4.40 Å². The van der Waals surface area contributed by atoms with Crippen LogP contribution in [-0.4, -0.2) is 34.5 Å². The van der Waals surface area contributed by atoms with Crippen molar-refractivity contribution in [2.75, 3.05) is 0 Å². The van der Waals surface area contributed by atoms with E-state index in [-0.39, 0.29) is 0 Å². The SMILES string of the molecule is FC(F)(F)C1=NS(F)(C(F)(C(F)(F)F)C(F)(F)F)C1(F)F. The summed E-state index contributed by atoms with van der Waals surface area (Å²) in [7, 11) is -7.59. The summed E-state index contributed by atoms with van der Waals surface area (Å²) in [5, 5.41) is -13.6. The molecule has 0 amide bonds. The minimum absolute atomic E-state index is 1.03. The van der Waals surface area contributed by atoms with Crippen LogP contribution in [0.2, 0.25) is 0 Å². The Hall–Kier alpha value is -0.890. The first-order chi connectivity index (χ1) is 8.84. The van der Waals surface area contributed by atoms with Gasteiger partial charge in [-0.3, -0.25) is 0 Å². The third kappa shape index (κ3) is 2.06. The topological polar surface area (TPSA) is 12.4 Å². The Balaban J connectivity index is 3.61. The number of rotatable bonds is 1. The smallest absolute Gasteiger partial charge is 0.208 e. The van der Waals surface area contributed by atoms with E-state index in [9.17, 15) is 56.6 Å². The maximum absolute atomic E-state index is 13.3. The quantitative estimate of drug-likeness (QED) is 0.581. The molecule has 1 rings (SSSR count). The van der Waals surface area contributed by atoms with Gasteiger partial charge in [-0.25, -0.2) is 4.39 Å². The van der Waals surface area contributed by atoms with Crippen LogP contribution in [0.4, 0.5) is 56.6 Å². The molecular weight excluding hydrogens is 365 g/mol. The molecule has 0 bridgehead atoms. The third-order valence-electron chi connectivity index (χ3n) is 2.20. The van der Waals surface area contributed by atoms with Gasteiger partial charge in [0.1, 0.15) is 10.6 Å². The van der Waals surface area contributed by atoms with Gasteiger partial charge in [0.05, 0.1) is 0 Å². The summed E-state index contributed by atoms with van der Waals surface area (Å²) >= 11 is 0. The Morgan fingerprint density at radius 2 is 1.10 bits per heavy atom. The molecule has 1 atom stereocenters. The van der Waals surface area contributed by atoms with Gasteiger partial charge < -0.3 is 0 Å². The van der Waals surface area contributed by atoms with Crippen molar-refractivity contribution in [1.82, 2.24) is 0 Å². The van der Waals surface area contributed by atoms with Crippen LogP contribution in [0.15, 0.2) is 4.40 Å². The molecule has 21 heavy (non-hydrogen) atoms. The lowest BCUT2D eigenvalue weighted by atomic mass is 10.3. The van der Waals surface area contributed by atoms with Crippen molar-refractivity contribution in [2.24, 2.45) is 4.40 Å². The highest BCUT2D eigenvalue weighted by atomic mass is 32.3. The first kappa shape index (κ1) is 18.2. The maximum Gasteiger partial charge on any atom is 0.444 e. The fraction of sp³-hybridized carbons (Fsp3) is 0.833. The lowest BCUT2D eigenvalue weighted by molar-refractivity contribution is -0.307. The molecule has 0 N–H and O–H groups in total. The predicted molar refractivity (Wildman–Crippen MR) is 43.1 cm³/mol. The summed E-state index contributed by atoms with van der Waals surface area (Å²) in [5.74, 6) is 0. The highest BCUT2D eigenvalue weighted by Crippen LogP contribution is 2.84. The molecule has 0 aromatic rings. The monoisotopic (exact) mass is 365 g/mol. The summed E-state index contributed by atoms with van der Waals surface area (Å²) in [6.07, 6.45) is -20.8. The van der Waals surface area contributed by atoms with Crippen molar-refractivity contribution in [3.8, 4) is 0 Å². The molecule has 0 saturated heterocycles. The van der Waals surface area contributed by atoms with Gasteiger partial charge in [-0.2, -0.15) is 56.6 Å². The van der Waals surface area contributed by atoms with E-state index < -0.39 is 45.1 Å². The average molecular weight is 365 g/mol. The molecule has 0 fully saturated rings. The van der Waals surface area contributed by atoms with Crippen molar-refractivity contribution < 1.29 is 56.6 Å². The van der Waals surface area contributed by atoms with Gasteiger partial charge in [0.15, 0.2) is 0 Å². The Morgan fingerprint density at radius 3 is 1.29 bits per heavy atom. The number of hydrogen-bond acceptors (Lipinski definition) is 1. The summed E-state index contributed by atoms with van der Waals surface area (Å²) in [6, 6.07) is 0. The zero-order valence-corrected chi connectivity index (χ0v) is 9.59. The number of hydrogen-bond donors (Lipinski definition) is 0. The molecule has 1 aliphatic rings. The first-order valence-electron chi connectivity index (χ1n) is 4.24. The highest BCUT2D eigenvalue weighted by molar-refractivity contribution is 8.32. The van der Waals surface area contributed by atoms with Gasteiger partial charge in [0, 0.05) is 0 Å². The molecule has 1 nitrogen and oxygen atoms in total. The molecule has 0 aromatic heterocycles. The summed E-state index contributed by atoms with van der Waals surface area (Å²) < 4.78 is 161. The van der Waals surface area contributed by atoms with Crippen LogP contribution in [0, 0.1) is 0 Å². The molecule has 1 heterocycles. The van der Waals surface area contributed by atoms with Crippen molar-refractivity contribution in [1.29, 1.82) is 0 Å². The van der Waals surface area contributed by atoms with Crippen LogP contribution in [0.3, 0.4) is 0 Å². The van der Waals surface area contributed by atoms with Crippen LogP contribution in [-0.2, 0) is 0 Å². The lowest BCUT2D eigenvalue weighted by Crippen LogP contribution is -2.64. The number of halogens is 13. The summed E-state index contributed by atoms with van der Waals surface area (Å²) in [4.78, 5) is 0. The second kappa shape index (κ2) is 4.10. The van der Waals surface area contributed by atoms with Crippen LogP contribution in [0.1, 0.15) is 0 Å². The molecule has 15 heteroatoms. The van der Waals surface area contributed by atoms with E-state index >= 15 is 0 Å². The van der Waals surface area contributed by atoms with Crippen LogP contribution in [0.25, 0.3) is 0 Å². The van der Waals surface area contributed by atoms with Gasteiger partial charge in [-0.05, 0) is 0 Å². The highest BCUT2D eigenvalue weighted by Gasteiger charge is 2.92. The van der Waals surface area contributed by atoms with Gasteiger partial charge in [-0.1, -0.05) is 0 Å². The van der Waals surface area contributed by atoms with E-state index in [1.165, 1.54) is 0 Å². The number of alkyl halides is 12. The van der Waals surface area contributed by atoms with Crippen LogP contribution in [0.5, 0.6) is 0 Å². The molecule has 0 aliphatic carbocycles. The van der Waals surface area contributed by atoms with Crippen molar-refractivity contribution in [2.45, 2.75) is 28.8 Å². The zero-order valence-electron chi connectivity index (χ0n) is 8.77. The average Bonchev–Trinajstić information content (AvgIpc) is 2.19. The maximum atomic E-state index is 13.3. The fourth-order valence-electron chi connectivity index (χ4n) is 1.25. The molecule has 1 unspecified atom stereocenters. The zero-order chi connectivity index (χ0) is 17.3. The minimum atomic E-state index is -7.59. The Labute approximate surface area is 107 Å². The Morgan fingerprint density at radius 1 is 0.762 bits per heavy atom. The molecule has 0 saturated carbocycles. The van der Waals surface area contributed by atoms with Crippen LogP contribution >= 0.6 is 10.6 Å². The van der Waals surface area contributed by atoms with Gasteiger partial charge in [0.25, 0.3) is 0 Å². The third-order valence-corrected chi connectivity index (χ3v) is 4.72. The second-order valence-electron chi connectivity index (χ2n) is 3.55. The van der Waals surface area contributed by atoms with E-state index in [1.54, 1.807) is 0 Å². The minimum Gasteiger partial charge on any atom is -0.208 e. The summed E-state index contributed by atoms with van der Waals surface area (Å²) in [5.41, 5.74) is -3.54. The van der Waals surface area contributed by atoms with Crippen molar-refractivity contribution in [3.63, 3.8) is 0 Å². The molecule has 0 radical (unpaired) electrons. The Kier molecular flexibility index (Phi) is 3.54. The normalized spacial score (nSPS) is 30.2. The van der Waals surface area contributed by atoms with Crippen molar-refractivity contribution in [3.05, 3.63) is 0 Å². The lowest BCUT2D eigenvalue weighted by Gasteiger charge is -2.50. The van der Waals surface area contributed by atoms with Gasteiger partial charge in [-0.15, -0.1) is 0 Å². The van der Waals surface area contributed by atoms with E-state index in [4.69, 9.17) is 0 Å². The standard InChI is InChI=1S/C6F13NS/c7-2(8,9)1-3(10,11)21(19,20-1)4(12,5(13,14)15)6(16,17)18. The number of nitrogens with zero attached hydrogens (tertiary/aromatic N) is 1. The largest absolute Gasteiger partial charge is 0.444 e. The molecule has 126 valence electrons. The van der Waals surface area contributed by atoms with Crippen molar-refractivity contribution >= 4 is 16.3 Å². The van der Waals surface area contributed by atoms with Gasteiger partial charge in [0.2, 0.25) is 5.71 Å². The van der Waals surface area contributed by atoms with E-state index in [1.807, 2.05) is 0 Å². The molecular formula is C6F13NS. The van der Waals surface area contributed by atoms with Gasteiger partial charge >= 0.3 is 28.8 Å². The van der Waals surface area contributed by atoms with Crippen LogP contribution < -0.4 is 0 Å². The predicted octanol–water partition coefficient (Wildman–Crippen LogP) is 4.99. The molecule has 1 aliphatic heterocycles. The Bertz CT molecular complexity index is 455. The first-order valence-corrected chi connectivity index (χ1v) is 5.73. The fourth-order valence-corrected chi connectivity index (χ4v) is 3.21. The van der Waals surface area contributed by atoms with E-state index in [2.05, 4.69) is 0 Å². The van der Waals surface area contributed by atoms with E-state index in [0.29, 0.717) is 0 Å². The summed E-state index contributed by atoms with van der Waals surface area (Å²) in [6.45, 7) is 0. The molecule has 0 spiro atoms. The molecule has 0 aromatic carbocycles. The second-order valence-corrected chi connectivity index (χ2v) is 5.83.